The van der Waals surface area contributed by atoms with E-state index in [9.17, 15) is 14.4 Å². The smallest absolute Gasteiger partial charge is 0.317 e. The van der Waals surface area contributed by atoms with Crippen molar-refractivity contribution in [3.05, 3.63) is 100 Å². The number of hydrogen-bond acceptors (Lipinski definition) is 8. The van der Waals surface area contributed by atoms with Gasteiger partial charge in [0.05, 0.1) is 23.4 Å². The van der Waals surface area contributed by atoms with Crippen molar-refractivity contribution in [2.75, 3.05) is 0 Å². The lowest BCUT2D eigenvalue weighted by molar-refractivity contribution is 0.0996. The number of halogens is 3. The summed E-state index contributed by atoms with van der Waals surface area (Å²) in [6.07, 6.45) is 3.16. The first-order chi connectivity index (χ1) is 21.7. The number of carbonyl (C=O) groups is 1. The van der Waals surface area contributed by atoms with Gasteiger partial charge in [-0.05, 0) is 60.9 Å². The number of pyridine rings is 1. The predicted octanol–water partition coefficient (Wildman–Crippen LogP) is 5.14. The molecular weight excluding hydrogens is 585 g/mol. The van der Waals surface area contributed by atoms with E-state index < -0.39 is 23.4 Å². The summed E-state index contributed by atoms with van der Waals surface area (Å²) in [4.78, 5) is 28.9. The zero-order chi connectivity index (χ0) is 31.7. The lowest BCUT2D eigenvalue weighted by atomic mass is 10.0. The molecular formula is C32H23F3N8O2. The molecule has 2 aromatic carbocycles. The number of ether oxygens (including phenoxy) is 1. The van der Waals surface area contributed by atoms with Crippen molar-refractivity contribution < 1.29 is 22.7 Å². The normalized spacial score (nSPS) is 13.3. The standard InChI is InChI=1S/C32H23F3N8O2/c33-22-11-18(15-37)1-2-19(22)16-45-31-39-10-5-25(42-31)21-14-23(34)20(12-24(21)35)13-28-40-27-4-3-26(29(38)44)41-30(27)43(28)17-32(6-7-32)8-9-36/h1-5,10-12,14H,6-8,13,16-17H2,(H2,38,44). The summed E-state index contributed by atoms with van der Waals surface area (Å²) in [5.41, 5.74) is 6.27. The quantitative estimate of drug-likeness (QED) is 0.228. The number of fused-ring (bicyclic) bond motifs is 1. The molecule has 2 N–H and O–H groups in total. The fraction of sp³-hybridized carbons (Fsp3) is 0.219. The van der Waals surface area contributed by atoms with Crippen LogP contribution in [-0.4, -0.2) is 30.4 Å². The Morgan fingerprint density at radius 2 is 1.78 bits per heavy atom. The highest BCUT2D eigenvalue weighted by Gasteiger charge is 2.43. The Bertz CT molecular complexity index is 2060. The molecule has 0 radical (unpaired) electrons. The zero-order valence-electron chi connectivity index (χ0n) is 23.6. The number of benzene rings is 2. The van der Waals surface area contributed by atoms with Gasteiger partial charge in [0.15, 0.2) is 5.65 Å². The first-order valence-corrected chi connectivity index (χ1v) is 13.8. The Morgan fingerprint density at radius 3 is 2.49 bits per heavy atom. The van der Waals surface area contributed by atoms with Crippen LogP contribution in [0.3, 0.4) is 0 Å². The van der Waals surface area contributed by atoms with E-state index in [4.69, 9.17) is 15.7 Å². The first kappa shape index (κ1) is 29.3. The topological polar surface area (TPSA) is 156 Å². The third-order valence-electron chi connectivity index (χ3n) is 7.76. The fourth-order valence-electron chi connectivity index (χ4n) is 5.08. The van der Waals surface area contributed by atoms with E-state index in [1.54, 1.807) is 10.6 Å². The molecule has 5 aromatic rings. The van der Waals surface area contributed by atoms with Crippen molar-refractivity contribution in [1.29, 1.82) is 10.5 Å². The minimum absolute atomic E-state index is 0.0230. The number of hydrogen-bond donors (Lipinski definition) is 1. The van der Waals surface area contributed by atoms with E-state index in [1.165, 1.54) is 30.5 Å². The van der Waals surface area contributed by atoms with Gasteiger partial charge in [0, 0.05) is 42.1 Å². The van der Waals surface area contributed by atoms with Crippen LogP contribution in [0, 0.1) is 45.5 Å². The van der Waals surface area contributed by atoms with Gasteiger partial charge < -0.3 is 15.0 Å². The van der Waals surface area contributed by atoms with E-state index in [2.05, 4.69) is 26.0 Å². The molecule has 0 unspecified atom stereocenters. The highest BCUT2D eigenvalue weighted by Crippen LogP contribution is 2.50. The Kier molecular flexibility index (Phi) is 7.60. The Hall–Kier alpha value is -5.82. The number of nitriles is 2. The second kappa shape index (κ2) is 11.7. The van der Waals surface area contributed by atoms with Crippen LogP contribution in [0.25, 0.3) is 22.4 Å². The molecule has 0 bridgehead atoms. The number of rotatable bonds is 10. The number of carbonyl (C=O) groups excluding carboxylic acids is 1. The SMILES string of the molecule is N#CCC1(Cn2c(Cc3cc(F)c(-c4ccnc(OCc5ccc(C#N)cc5F)n4)cc3F)nc3ccc(C(N)=O)nc32)CC1. The number of aromatic nitrogens is 5. The van der Waals surface area contributed by atoms with Crippen LogP contribution in [0.5, 0.6) is 6.01 Å². The first-order valence-electron chi connectivity index (χ1n) is 13.8. The molecule has 0 saturated heterocycles. The predicted molar refractivity (Wildman–Crippen MR) is 154 cm³/mol. The van der Waals surface area contributed by atoms with Crippen LogP contribution in [0.2, 0.25) is 0 Å². The van der Waals surface area contributed by atoms with E-state index in [0.29, 0.717) is 30.0 Å². The molecule has 0 spiro atoms. The van der Waals surface area contributed by atoms with Gasteiger partial charge in [-0.2, -0.15) is 15.5 Å². The number of imidazole rings is 1. The molecule has 10 nitrogen and oxygen atoms in total. The van der Waals surface area contributed by atoms with Gasteiger partial charge in [-0.25, -0.2) is 28.1 Å². The minimum atomic E-state index is -0.755. The lowest BCUT2D eigenvalue weighted by Gasteiger charge is -2.16. The molecule has 1 aliphatic carbocycles. The van der Waals surface area contributed by atoms with Gasteiger partial charge in [-0.1, -0.05) is 6.07 Å². The summed E-state index contributed by atoms with van der Waals surface area (Å²) >= 11 is 0. The summed E-state index contributed by atoms with van der Waals surface area (Å²) in [6.45, 7) is 0.128. The van der Waals surface area contributed by atoms with Crippen LogP contribution in [0.4, 0.5) is 13.2 Å². The average molecular weight is 609 g/mol. The second-order valence-electron chi connectivity index (χ2n) is 10.9. The van der Waals surface area contributed by atoms with Crippen LogP contribution >= 0.6 is 0 Å². The van der Waals surface area contributed by atoms with E-state index >= 15 is 8.78 Å². The van der Waals surface area contributed by atoms with Crippen LogP contribution in [-0.2, 0) is 19.6 Å². The van der Waals surface area contributed by atoms with Gasteiger partial charge in [0.1, 0.15) is 41.1 Å². The van der Waals surface area contributed by atoms with Crippen LogP contribution in [0.15, 0.2) is 54.7 Å². The Morgan fingerprint density at radius 1 is 0.978 bits per heavy atom. The summed E-state index contributed by atoms with van der Waals surface area (Å²) in [6, 6.07) is 14.3. The number of nitrogens with zero attached hydrogens (tertiary/aromatic N) is 7. The van der Waals surface area contributed by atoms with E-state index in [-0.39, 0.29) is 58.1 Å². The molecule has 1 aliphatic rings. The maximum Gasteiger partial charge on any atom is 0.317 e. The number of amides is 1. The Labute approximate surface area is 254 Å². The van der Waals surface area contributed by atoms with Gasteiger partial charge in [0.25, 0.3) is 5.91 Å². The van der Waals surface area contributed by atoms with Gasteiger partial charge in [0.2, 0.25) is 0 Å². The van der Waals surface area contributed by atoms with E-state index in [1.807, 2.05) is 6.07 Å². The van der Waals surface area contributed by atoms with Crippen molar-refractivity contribution in [3.63, 3.8) is 0 Å². The summed E-state index contributed by atoms with van der Waals surface area (Å²) < 4.78 is 52.5. The van der Waals surface area contributed by atoms with Crippen molar-refractivity contribution in [2.24, 2.45) is 11.1 Å². The fourth-order valence-corrected chi connectivity index (χ4v) is 5.08. The number of nitrogens with two attached hydrogens (primary N) is 1. The minimum Gasteiger partial charge on any atom is -0.458 e. The molecule has 13 heteroatoms. The van der Waals surface area contributed by atoms with Crippen molar-refractivity contribution in [3.8, 4) is 29.4 Å². The van der Waals surface area contributed by atoms with Gasteiger partial charge in [-0.15, -0.1) is 0 Å². The monoisotopic (exact) mass is 608 g/mol. The summed E-state index contributed by atoms with van der Waals surface area (Å²) in [5.74, 6) is -2.43. The molecule has 3 aromatic heterocycles. The van der Waals surface area contributed by atoms with Crippen LogP contribution < -0.4 is 10.5 Å². The van der Waals surface area contributed by atoms with Gasteiger partial charge >= 0.3 is 6.01 Å². The number of primary amides is 1. The molecule has 3 heterocycles. The van der Waals surface area contributed by atoms with Gasteiger partial charge in [-0.3, -0.25) is 4.79 Å². The van der Waals surface area contributed by atoms with Crippen molar-refractivity contribution in [1.82, 2.24) is 24.5 Å². The molecule has 1 saturated carbocycles. The highest BCUT2D eigenvalue weighted by molar-refractivity contribution is 5.92. The maximum absolute atomic E-state index is 15.5. The highest BCUT2D eigenvalue weighted by atomic mass is 19.1. The van der Waals surface area contributed by atoms with Crippen LogP contribution in [0.1, 0.15) is 52.3 Å². The van der Waals surface area contributed by atoms with Crippen molar-refractivity contribution >= 4 is 17.1 Å². The largest absolute Gasteiger partial charge is 0.458 e. The molecule has 0 atom stereocenters. The lowest BCUT2D eigenvalue weighted by Crippen LogP contribution is -2.17. The third-order valence-corrected chi connectivity index (χ3v) is 7.76. The summed E-state index contributed by atoms with van der Waals surface area (Å²) in [5, 5.41) is 18.2. The van der Waals surface area contributed by atoms with Crippen molar-refractivity contribution in [2.45, 2.75) is 38.8 Å². The zero-order valence-corrected chi connectivity index (χ0v) is 23.6. The summed E-state index contributed by atoms with van der Waals surface area (Å²) in [7, 11) is 0. The molecule has 1 amide bonds. The molecule has 1 fully saturated rings. The molecule has 45 heavy (non-hydrogen) atoms. The molecule has 6 rings (SSSR count). The molecule has 0 aliphatic heterocycles. The maximum atomic E-state index is 15.5. The average Bonchev–Trinajstić information content (AvgIpc) is 3.71. The Balaban J connectivity index is 1.28. The molecule has 224 valence electrons. The van der Waals surface area contributed by atoms with E-state index in [0.717, 1.165) is 31.0 Å². The second-order valence-corrected chi connectivity index (χ2v) is 10.9. The third kappa shape index (κ3) is 6.01.